The van der Waals surface area contributed by atoms with E-state index in [1.54, 1.807) is 6.92 Å². The van der Waals surface area contributed by atoms with E-state index in [2.05, 4.69) is 20.8 Å². The topological polar surface area (TPSA) is 72.7 Å². The average Bonchev–Trinajstić information content (AvgIpc) is 3.06. The van der Waals surface area contributed by atoms with Crippen LogP contribution < -0.4 is 5.32 Å². The van der Waals surface area contributed by atoms with Gasteiger partial charge in [0.25, 0.3) is 0 Å². The number of thioether (sulfide) groups is 1. The summed E-state index contributed by atoms with van der Waals surface area (Å²) in [4.78, 5) is 12.3. The Kier molecular flexibility index (Phi) is 5.27. The number of aryl methyl sites for hydroxylation is 1. The van der Waals surface area contributed by atoms with Crippen LogP contribution in [0.1, 0.15) is 12.5 Å². The number of anilines is 1. The Balaban J connectivity index is 1.77. The maximum absolute atomic E-state index is 13.7. The molecule has 1 atom stereocenters. The third-order valence-electron chi connectivity index (χ3n) is 3.65. The molecule has 0 fully saturated rings. The molecule has 9 heteroatoms. The van der Waals surface area contributed by atoms with Crippen LogP contribution in [0.3, 0.4) is 0 Å². The van der Waals surface area contributed by atoms with Gasteiger partial charge in [-0.15, -0.1) is 5.10 Å². The molecule has 1 amide bonds. The van der Waals surface area contributed by atoms with Crippen LogP contribution >= 0.6 is 11.8 Å². The molecule has 0 aliphatic carbocycles. The first-order valence-electron chi connectivity index (χ1n) is 7.73. The maximum atomic E-state index is 13.7. The number of carbonyl (C=O) groups is 1. The second kappa shape index (κ2) is 7.61. The Labute approximate surface area is 152 Å². The molecule has 0 radical (unpaired) electrons. The lowest BCUT2D eigenvalue weighted by molar-refractivity contribution is -0.115. The van der Waals surface area contributed by atoms with Gasteiger partial charge in [-0.25, -0.2) is 8.78 Å². The molecular weight excluding hydrogens is 360 g/mol. The van der Waals surface area contributed by atoms with Gasteiger partial charge in [-0.1, -0.05) is 36.0 Å². The van der Waals surface area contributed by atoms with E-state index >= 15 is 0 Å². The number of para-hydroxylation sites is 2. The molecule has 134 valence electrons. The van der Waals surface area contributed by atoms with E-state index < -0.39 is 28.5 Å². The molecule has 0 unspecified atom stereocenters. The van der Waals surface area contributed by atoms with Gasteiger partial charge < -0.3 is 5.32 Å². The summed E-state index contributed by atoms with van der Waals surface area (Å²) in [6.07, 6.45) is 0. The highest BCUT2D eigenvalue weighted by atomic mass is 32.2. The van der Waals surface area contributed by atoms with Gasteiger partial charge in [-0.2, -0.15) is 4.68 Å². The standard InChI is InChI=1S/C17H15F2N5OS/c1-10-6-3-4-9-14(10)24-17(21-22-23-24)26-11(2)16(25)20-15-12(18)7-5-8-13(15)19/h3-9,11H,1-2H3,(H,20,25)/t11-/m0/s1. The molecule has 0 aliphatic heterocycles. The van der Waals surface area contributed by atoms with E-state index in [1.165, 1.54) is 10.7 Å². The molecule has 26 heavy (non-hydrogen) atoms. The highest BCUT2D eigenvalue weighted by molar-refractivity contribution is 8.00. The minimum Gasteiger partial charge on any atom is -0.320 e. The fraction of sp³-hybridized carbons (Fsp3) is 0.176. The van der Waals surface area contributed by atoms with Crippen molar-refractivity contribution in [3.8, 4) is 5.69 Å². The molecule has 0 saturated carbocycles. The van der Waals surface area contributed by atoms with Gasteiger partial charge in [0.05, 0.1) is 10.9 Å². The van der Waals surface area contributed by atoms with E-state index in [-0.39, 0.29) is 0 Å². The normalized spacial score (nSPS) is 12.0. The highest BCUT2D eigenvalue weighted by Gasteiger charge is 2.22. The van der Waals surface area contributed by atoms with Crippen molar-refractivity contribution < 1.29 is 13.6 Å². The number of nitrogens with zero attached hydrogens (tertiary/aromatic N) is 4. The van der Waals surface area contributed by atoms with Crippen LogP contribution in [0, 0.1) is 18.6 Å². The number of rotatable bonds is 5. The molecule has 3 rings (SSSR count). The summed E-state index contributed by atoms with van der Waals surface area (Å²) in [5.41, 5.74) is 1.28. The number of aromatic nitrogens is 4. The van der Waals surface area contributed by atoms with Crippen molar-refractivity contribution in [3.05, 3.63) is 59.7 Å². The van der Waals surface area contributed by atoms with E-state index in [4.69, 9.17) is 0 Å². The van der Waals surface area contributed by atoms with Crippen LogP contribution in [0.5, 0.6) is 0 Å². The molecule has 1 N–H and O–H groups in total. The van der Waals surface area contributed by atoms with E-state index in [0.29, 0.717) is 5.16 Å². The lowest BCUT2D eigenvalue weighted by Crippen LogP contribution is -2.24. The van der Waals surface area contributed by atoms with E-state index in [9.17, 15) is 13.6 Å². The summed E-state index contributed by atoms with van der Waals surface area (Å²) < 4.78 is 28.9. The maximum Gasteiger partial charge on any atom is 0.237 e. The molecule has 2 aromatic carbocycles. The number of carbonyl (C=O) groups excluding carboxylic acids is 1. The highest BCUT2D eigenvalue weighted by Crippen LogP contribution is 2.26. The first-order chi connectivity index (χ1) is 12.5. The van der Waals surface area contributed by atoms with Crippen LogP contribution in [-0.2, 0) is 4.79 Å². The molecule has 0 spiro atoms. The van der Waals surface area contributed by atoms with Crippen LogP contribution in [0.4, 0.5) is 14.5 Å². The minimum atomic E-state index is -0.833. The Hall–Kier alpha value is -2.81. The lowest BCUT2D eigenvalue weighted by atomic mass is 10.2. The summed E-state index contributed by atoms with van der Waals surface area (Å²) >= 11 is 1.09. The summed E-state index contributed by atoms with van der Waals surface area (Å²) in [6, 6.07) is 10.9. The van der Waals surface area contributed by atoms with Crippen molar-refractivity contribution in [2.24, 2.45) is 0 Å². The predicted molar refractivity (Wildman–Crippen MR) is 94.2 cm³/mol. The molecule has 3 aromatic rings. The van der Waals surface area contributed by atoms with Crippen molar-refractivity contribution in [1.29, 1.82) is 0 Å². The zero-order valence-corrected chi connectivity index (χ0v) is 14.8. The van der Waals surface area contributed by atoms with Crippen LogP contribution in [0.15, 0.2) is 47.6 Å². The van der Waals surface area contributed by atoms with Crippen LogP contribution in [0.25, 0.3) is 5.69 Å². The van der Waals surface area contributed by atoms with Crippen LogP contribution in [0.2, 0.25) is 0 Å². The van der Waals surface area contributed by atoms with Crippen molar-refractivity contribution >= 4 is 23.4 Å². The largest absolute Gasteiger partial charge is 0.320 e. The fourth-order valence-electron chi connectivity index (χ4n) is 2.26. The smallest absolute Gasteiger partial charge is 0.237 e. The summed E-state index contributed by atoms with van der Waals surface area (Å²) in [5, 5.41) is 13.5. The second-order valence-electron chi connectivity index (χ2n) is 5.51. The Bertz CT molecular complexity index is 926. The van der Waals surface area contributed by atoms with E-state index in [0.717, 1.165) is 35.1 Å². The van der Waals surface area contributed by atoms with Gasteiger partial charge in [0.2, 0.25) is 11.1 Å². The fourth-order valence-corrected chi connectivity index (χ4v) is 3.06. The number of halogens is 2. The molecule has 0 aliphatic rings. The Morgan fingerprint density at radius 2 is 1.85 bits per heavy atom. The molecule has 0 bridgehead atoms. The van der Waals surface area contributed by atoms with E-state index in [1.807, 2.05) is 31.2 Å². The molecule has 1 aromatic heterocycles. The SMILES string of the molecule is Cc1ccccc1-n1nnnc1S[C@@H](C)C(=O)Nc1c(F)cccc1F. The number of tetrazole rings is 1. The Morgan fingerprint density at radius 3 is 2.54 bits per heavy atom. The van der Waals surface area contributed by atoms with Crippen molar-refractivity contribution in [1.82, 2.24) is 20.2 Å². The third-order valence-corrected chi connectivity index (χ3v) is 4.68. The van der Waals surface area contributed by atoms with Gasteiger partial charge in [0.15, 0.2) is 0 Å². The molecular formula is C17H15F2N5OS. The summed E-state index contributed by atoms with van der Waals surface area (Å²) in [6.45, 7) is 3.53. The molecule has 6 nitrogen and oxygen atoms in total. The monoisotopic (exact) mass is 375 g/mol. The van der Waals surface area contributed by atoms with Gasteiger partial charge >= 0.3 is 0 Å². The average molecular weight is 375 g/mol. The minimum absolute atomic E-state index is 0.399. The zero-order valence-electron chi connectivity index (χ0n) is 14.0. The third kappa shape index (κ3) is 3.72. The number of benzene rings is 2. The first kappa shape index (κ1) is 18.0. The first-order valence-corrected chi connectivity index (χ1v) is 8.61. The Morgan fingerprint density at radius 1 is 1.15 bits per heavy atom. The number of amides is 1. The lowest BCUT2D eigenvalue weighted by Gasteiger charge is -2.13. The molecule has 1 heterocycles. The number of hydrogen-bond donors (Lipinski definition) is 1. The van der Waals surface area contributed by atoms with Crippen molar-refractivity contribution in [2.45, 2.75) is 24.3 Å². The van der Waals surface area contributed by atoms with Gasteiger partial charge in [0, 0.05) is 0 Å². The predicted octanol–water partition coefficient (Wildman–Crippen LogP) is 3.37. The quantitative estimate of drug-likeness (QED) is 0.692. The summed E-state index contributed by atoms with van der Waals surface area (Å²) in [5.74, 6) is -2.22. The summed E-state index contributed by atoms with van der Waals surface area (Å²) in [7, 11) is 0. The van der Waals surface area contributed by atoms with Gasteiger partial charge in [0.1, 0.15) is 17.3 Å². The van der Waals surface area contributed by atoms with Crippen molar-refractivity contribution in [3.63, 3.8) is 0 Å². The van der Waals surface area contributed by atoms with Crippen molar-refractivity contribution in [2.75, 3.05) is 5.32 Å². The zero-order chi connectivity index (χ0) is 18.7. The van der Waals surface area contributed by atoms with Gasteiger partial charge in [-0.3, -0.25) is 4.79 Å². The van der Waals surface area contributed by atoms with Gasteiger partial charge in [-0.05, 0) is 48.0 Å². The number of nitrogens with one attached hydrogen (secondary N) is 1. The second-order valence-corrected chi connectivity index (χ2v) is 6.81. The van der Waals surface area contributed by atoms with Crippen LogP contribution in [-0.4, -0.2) is 31.4 Å². The number of hydrogen-bond acceptors (Lipinski definition) is 5. The molecule has 0 saturated heterocycles.